The summed E-state index contributed by atoms with van der Waals surface area (Å²) in [6.07, 6.45) is 2.59. The number of hydrogen-bond acceptors (Lipinski definition) is 2. The molecule has 8 heavy (non-hydrogen) atoms. The Kier molecular flexibility index (Phi) is 1.54. The molecule has 0 spiro atoms. The van der Waals surface area contributed by atoms with Gasteiger partial charge in [0, 0.05) is 12.1 Å². The second kappa shape index (κ2) is 2.03. The van der Waals surface area contributed by atoms with Gasteiger partial charge in [0.25, 0.3) is 0 Å². The summed E-state index contributed by atoms with van der Waals surface area (Å²) in [4.78, 5) is 0. The smallest absolute Gasteiger partial charge is 0.0218 e. The largest absolute Gasteiger partial charge is 0.327 e. The highest BCUT2D eigenvalue weighted by Gasteiger charge is 2.30. The van der Waals surface area contributed by atoms with Gasteiger partial charge in [-0.3, -0.25) is 0 Å². The van der Waals surface area contributed by atoms with Crippen LogP contribution in [0.5, 0.6) is 0 Å². The predicted octanol–water partition coefficient (Wildman–Crippen LogP) is 0.0709. The maximum absolute atomic E-state index is 5.70. The summed E-state index contributed by atoms with van der Waals surface area (Å²) in [6.45, 7) is 1.98. The van der Waals surface area contributed by atoms with Crippen molar-refractivity contribution in [3.63, 3.8) is 0 Å². The fourth-order valence-corrected chi connectivity index (χ4v) is 0.910. The first kappa shape index (κ1) is 6.05. The molecule has 0 aliphatic heterocycles. The van der Waals surface area contributed by atoms with E-state index in [-0.39, 0.29) is 12.1 Å². The SMILES string of the molecule is C[C@H](N)[C@H](N)C1CC1. The van der Waals surface area contributed by atoms with Gasteiger partial charge in [0.05, 0.1) is 0 Å². The lowest BCUT2D eigenvalue weighted by Gasteiger charge is -2.13. The van der Waals surface area contributed by atoms with Gasteiger partial charge in [-0.1, -0.05) is 0 Å². The normalized spacial score (nSPS) is 27.4. The third kappa shape index (κ3) is 1.20. The fraction of sp³-hybridized carbons (Fsp3) is 1.00. The van der Waals surface area contributed by atoms with E-state index in [0.29, 0.717) is 0 Å². The van der Waals surface area contributed by atoms with Gasteiger partial charge in [0.15, 0.2) is 0 Å². The molecule has 0 amide bonds. The Hall–Kier alpha value is -0.0800. The minimum absolute atomic E-state index is 0.183. The van der Waals surface area contributed by atoms with Gasteiger partial charge in [-0.05, 0) is 25.7 Å². The van der Waals surface area contributed by atoms with Crippen molar-refractivity contribution in [2.45, 2.75) is 31.8 Å². The number of hydrogen-bond donors (Lipinski definition) is 2. The van der Waals surface area contributed by atoms with E-state index < -0.39 is 0 Å². The molecule has 1 aliphatic carbocycles. The Balaban J connectivity index is 2.22. The first-order valence-electron chi connectivity index (χ1n) is 3.23. The van der Waals surface area contributed by atoms with E-state index in [9.17, 15) is 0 Å². The van der Waals surface area contributed by atoms with E-state index in [1.54, 1.807) is 0 Å². The Labute approximate surface area is 50.2 Å². The summed E-state index contributed by atoms with van der Waals surface area (Å²) in [6, 6.07) is 0.442. The van der Waals surface area contributed by atoms with E-state index in [2.05, 4.69) is 0 Å². The average Bonchev–Trinajstić information content (AvgIpc) is 2.43. The van der Waals surface area contributed by atoms with Crippen LogP contribution in [0.4, 0.5) is 0 Å². The molecule has 1 fully saturated rings. The molecule has 0 radical (unpaired) electrons. The average molecular weight is 114 g/mol. The molecule has 0 unspecified atom stereocenters. The topological polar surface area (TPSA) is 52.0 Å². The van der Waals surface area contributed by atoms with Crippen LogP contribution < -0.4 is 11.5 Å². The maximum atomic E-state index is 5.70. The van der Waals surface area contributed by atoms with Crippen molar-refractivity contribution in [1.82, 2.24) is 0 Å². The van der Waals surface area contributed by atoms with Crippen molar-refractivity contribution in [3.8, 4) is 0 Å². The Bertz CT molecular complexity index is 74.6. The predicted molar refractivity (Wildman–Crippen MR) is 34.3 cm³/mol. The van der Waals surface area contributed by atoms with Crippen LogP contribution in [0.25, 0.3) is 0 Å². The molecule has 0 aromatic rings. The van der Waals surface area contributed by atoms with E-state index in [1.807, 2.05) is 6.92 Å². The zero-order valence-corrected chi connectivity index (χ0v) is 5.30. The van der Waals surface area contributed by atoms with Gasteiger partial charge < -0.3 is 11.5 Å². The Morgan fingerprint density at radius 1 is 1.38 bits per heavy atom. The van der Waals surface area contributed by atoms with Gasteiger partial charge in [-0.25, -0.2) is 0 Å². The maximum Gasteiger partial charge on any atom is 0.0218 e. The van der Waals surface area contributed by atoms with Crippen LogP contribution in [0.2, 0.25) is 0 Å². The molecule has 1 rings (SSSR count). The third-order valence-corrected chi connectivity index (χ3v) is 1.77. The highest BCUT2D eigenvalue weighted by atomic mass is 14.8. The van der Waals surface area contributed by atoms with E-state index in [0.717, 1.165) is 5.92 Å². The molecule has 2 nitrogen and oxygen atoms in total. The van der Waals surface area contributed by atoms with E-state index in [4.69, 9.17) is 11.5 Å². The molecule has 48 valence electrons. The number of rotatable bonds is 2. The lowest BCUT2D eigenvalue weighted by Crippen LogP contribution is -2.40. The molecule has 4 N–H and O–H groups in total. The molecule has 0 saturated heterocycles. The quantitative estimate of drug-likeness (QED) is 0.534. The molecule has 0 heterocycles. The zero-order valence-electron chi connectivity index (χ0n) is 5.30. The zero-order chi connectivity index (χ0) is 6.15. The van der Waals surface area contributed by atoms with Crippen LogP contribution in [0.3, 0.4) is 0 Å². The van der Waals surface area contributed by atoms with Crippen molar-refractivity contribution >= 4 is 0 Å². The molecule has 0 aromatic carbocycles. The van der Waals surface area contributed by atoms with E-state index >= 15 is 0 Å². The van der Waals surface area contributed by atoms with Crippen LogP contribution in [0.1, 0.15) is 19.8 Å². The minimum atomic E-state index is 0.183. The first-order chi connectivity index (χ1) is 3.72. The lowest BCUT2D eigenvalue weighted by molar-refractivity contribution is 0.506. The van der Waals surface area contributed by atoms with Crippen LogP contribution in [-0.4, -0.2) is 12.1 Å². The molecule has 2 heteroatoms. The van der Waals surface area contributed by atoms with Gasteiger partial charge in [-0.15, -0.1) is 0 Å². The van der Waals surface area contributed by atoms with Gasteiger partial charge in [-0.2, -0.15) is 0 Å². The monoisotopic (exact) mass is 114 g/mol. The van der Waals surface area contributed by atoms with Crippen molar-refractivity contribution in [2.24, 2.45) is 17.4 Å². The molecule has 1 saturated carbocycles. The molecule has 1 aliphatic rings. The fourth-order valence-electron chi connectivity index (χ4n) is 0.910. The van der Waals surface area contributed by atoms with Crippen LogP contribution in [0.15, 0.2) is 0 Å². The molecule has 0 bridgehead atoms. The van der Waals surface area contributed by atoms with Crippen LogP contribution in [0, 0.1) is 5.92 Å². The van der Waals surface area contributed by atoms with Crippen molar-refractivity contribution in [2.75, 3.05) is 0 Å². The van der Waals surface area contributed by atoms with Crippen molar-refractivity contribution in [1.29, 1.82) is 0 Å². The number of nitrogens with two attached hydrogens (primary N) is 2. The van der Waals surface area contributed by atoms with Crippen LogP contribution >= 0.6 is 0 Å². The molecule has 2 atom stereocenters. The second-order valence-electron chi connectivity index (χ2n) is 2.77. The third-order valence-electron chi connectivity index (χ3n) is 1.77. The summed E-state index contributed by atoms with van der Waals surface area (Å²) in [5, 5.41) is 0. The summed E-state index contributed by atoms with van der Waals surface area (Å²) >= 11 is 0. The highest BCUT2D eigenvalue weighted by molar-refractivity contribution is 4.88. The standard InChI is InChI=1S/C6H14N2/c1-4(7)6(8)5-2-3-5/h4-6H,2-3,7-8H2,1H3/t4-,6-/m0/s1. The van der Waals surface area contributed by atoms with E-state index in [1.165, 1.54) is 12.8 Å². The van der Waals surface area contributed by atoms with Crippen LogP contribution in [-0.2, 0) is 0 Å². The summed E-state index contributed by atoms with van der Waals surface area (Å²) in [5.41, 5.74) is 11.2. The van der Waals surface area contributed by atoms with Crippen molar-refractivity contribution in [3.05, 3.63) is 0 Å². The highest BCUT2D eigenvalue weighted by Crippen LogP contribution is 2.32. The Morgan fingerprint density at radius 3 is 2.00 bits per heavy atom. The molecular weight excluding hydrogens is 100 g/mol. The lowest BCUT2D eigenvalue weighted by atomic mass is 10.1. The molecular formula is C6H14N2. The minimum Gasteiger partial charge on any atom is -0.327 e. The van der Waals surface area contributed by atoms with Gasteiger partial charge >= 0.3 is 0 Å². The van der Waals surface area contributed by atoms with Crippen molar-refractivity contribution < 1.29 is 0 Å². The Morgan fingerprint density at radius 2 is 1.88 bits per heavy atom. The molecule has 0 aromatic heterocycles. The summed E-state index contributed by atoms with van der Waals surface area (Å²) < 4.78 is 0. The summed E-state index contributed by atoms with van der Waals surface area (Å²) in [7, 11) is 0. The second-order valence-corrected chi connectivity index (χ2v) is 2.77. The van der Waals surface area contributed by atoms with Gasteiger partial charge in [0.2, 0.25) is 0 Å². The van der Waals surface area contributed by atoms with Gasteiger partial charge in [0.1, 0.15) is 0 Å². The first-order valence-corrected chi connectivity index (χ1v) is 3.23. The summed E-state index contributed by atoms with van der Waals surface area (Å²) in [5.74, 6) is 0.745.